The maximum atomic E-state index is 6.25. The number of allylic oxidation sites excluding steroid dienone is 2. The van der Waals surface area contributed by atoms with E-state index in [1.54, 1.807) is 0 Å². The first-order chi connectivity index (χ1) is 11.5. The predicted octanol–water partition coefficient (Wildman–Crippen LogP) is 5.28. The summed E-state index contributed by atoms with van der Waals surface area (Å²) in [6.07, 6.45) is 6.91. The number of nitrogens with zero attached hydrogens (tertiary/aromatic N) is 1. The van der Waals surface area contributed by atoms with Crippen molar-refractivity contribution in [3.8, 4) is 0 Å². The molecule has 0 aromatic heterocycles. The molecule has 2 saturated heterocycles. The van der Waals surface area contributed by atoms with Crippen LogP contribution in [0.4, 0.5) is 0 Å². The van der Waals surface area contributed by atoms with Crippen LogP contribution in [0.15, 0.2) is 55.6 Å². The third kappa shape index (κ3) is 2.55. The Morgan fingerprint density at radius 2 is 2.04 bits per heavy atom. The Morgan fingerprint density at radius 3 is 2.67 bits per heavy atom. The summed E-state index contributed by atoms with van der Waals surface area (Å²) in [7, 11) is 0. The first kappa shape index (κ1) is 17.4. The molecule has 0 amide bonds. The van der Waals surface area contributed by atoms with Gasteiger partial charge in [0.2, 0.25) is 0 Å². The van der Waals surface area contributed by atoms with Crippen LogP contribution in [0.2, 0.25) is 0 Å². The minimum Gasteiger partial charge on any atom is -0.353 e. The first-order valence-corrected chi connectivity index (χ1v) is 9.15. The summed E-state index contributed by atoms with van der Waals surface area (Å²) in [4.78, 5) is 3.37. The van der Waals surface area contributed by atoms with Gasteiger partial charge in [-0.1, -0.05) is 61.6 Å². The molecule has 0 spiro atoms. The first-order valence-electron chi connectivity index (χ1n) is 8.74. The number of rotatable bonds is 5. The number of fused-ring (bicyclic) bond motifs is 1. The molecule has 1 aromatic rings. The highest BCUT2D eigenvalue weighted by molar-refractivity contribution is 7.80. The van der Waals surface area contributed by atoms with Crippen molar-refractivity contribution in [1.82, 2.24) is 4.90 Å². The number of hydrogen-bond donors (Lipinski definition) is 0. The van der Waals surface area contributed by atoms with Crippen LogP contribution in [0.5, 0.6) is 0 Å². The zero-order valence-electron chi connectivity index (χ0n) is 14.7. The van der Waals surface area contributed by atoms with E-state index in [0.29, 0.717) is 12.5 Å². The van der Waals surface area contributed by atoms with Gasteiger partial charge < -0.3 is 9.64 Å². The molecule has 0 saturated carbocycles. The molecule has 3 heteroatoms. The molecule has 1 aromatic carbocycles. The number of ether oxygens (including phenoxy) is 1. The van der Waals surface area contributed by atoms with Crippen molar-refractivity contribution in [3.63, 3.8) is 0 Å². The third-order valence-electron chi connectivity index (χ3n) is 5.97. The van der Waals surface area contributed by atoms with Crippen LogP contribution >= 0.6 is 12.2 Å². The second-order valence-corrected chi connectivity index (χ2v) is 7.65. The summed E-state index contributed by atoms with van der Waals surface area (Å²) in [5, 5.41) is 0. The number of hydrogen-bond acceptors (Lipinski definition) is 2. The average Bonchev–Trinajstić information content (AvgIpc) is 2.96. The Kier molecular flexibility index (Phi) is 4.67. The van der Waals surface area contributed by atoms with Crippen molar-refractivity contribution < 1.29 is 4.74 Å². The number of thiocarbonyl (C=S) groups is 1. The molecule has 2 aliphatic rings. The van der Waals surface area contributed by atoms with Gasteiger partial charge in [-0.15, -0.1) is 13.2 Å². The van der Waals surface area contributed by atoms with Gasteiger partial charge >= 0.3 is 0 Å². The third-order valence-corrected chi connectivity index (χ3v) is 6.57. The lowest BCUT2D eigenvalue weighted by Gasteiger charge is -2.53. The highest BCUT2D eigenvalue weighted by atomic mass is 32.1. The van der Waals surface area contributed by atoms with Gasteiger partial charge in [0, 0.05) is 5.41 Å². The Bertz CT molecular complexity index is 642. The van der Waals surface area contributed by atoms with Crippen LogP contribution < -0.4 is 0 Å². The van der Waals surface area contributed by atoms with E-state index in [0.717, 1.165) is 24.3 Å². The highest BCUT2D eigenvalue weighted by Crippen LogP contribution is 2.53. The minimum absolute atomic E-state index is 0.0843. The Balaban J connectivity index is 2.03. The fourth-order valence-corrected chi connectivity index (χ4v) is 4.98. The molecule has 24 heavy (non-hydrogen) atoms. The molecule has 2 nitrogen and oxygen atoms in total. The summed E-state index contributed by atoms with van der Waals surface area (Å²) in [5.41, 5.74) is 0.881. The normalized spacial score (nSPS) is 33.8. The summed E-state index contributed by atoms with van der Waals surface area (Å²) in [6, 6.07) is 10.7. The molecule has 0 bridgehead atoms. The Hall–Kier alpha value is -1.45. The molecular formula is C21H27NOS. The lowest BCUT2D eigenvalue weighted by Crippen LogP contribution is -2.58. The maximum absolute atomic E-state index is 6.25. The van der Waals surface area contributed by atoms with Gasteiger partial charge in [0.15, 0.2) is 0 Å². The van der Waals surface area contributed by atoms with E-state index in [1.807, 2.05) is 12.2 Å². The van der Waals surface area contributed by atoms with Crippen molar-refractivity contribution in [2.75, 3.05) is 6.61 Å². The lowest BCUT2D eigenvalue weighted by atomic mass is 9.66. The van der Waals surface area contributed by atoms with E-state index >= 15 is 0 Å². The van der Waals surface area contributed by atoms with Crippen molar-refractivity contribution in [2.24, 2.45) is 11.3 Å². The van der Waals surface area contributed by atoms with Gasteiger partial charge in [0.05, 0.1) is 17.6 Å². The maximum Gasteiger partial charge on any atom is 0.139 e. The summed E-state index contributed by atoms with van der Waals surface area (Å²) in [6.45, 7) is 13.1. The van der Waals surface area contributed by atoms with E-state index in [9.17, 15) is 0 Å². The zero-order valence-corrected chi connectivity index (χ0v) is 15.5. The fourth-order valence-electron chi connectivity index (χ4n) is 4.28. The van der Waals surface area contributed by atoms with Crippen LogP contribution in [-0.4, -0.2) is 22.2 Å². The van der Waals surface area contributed by atoms with Crippen LogP contribution in [0.25, 0.3) is 0 Å². The van der Waals surface area contributed by atoms with Crippen molar-refractivity contribution in [1.29, 1.82) is 0 Å². The van der Waals surface area contributed by atoms with E-state index in [2.05, 4.69) is 62.2 Å². The molecular weight excluding hydrogens is 314 g/mol. The SMILES string of the molecule is C=CC[C@]1([C@@H](C)C=C)CC[C@]2(C)OC[C@@H](c3ccccc3)N2C1=S. The van der Waals surface area contributed by atoms with Gasteiger partial charge in [-0.25, -0.2) is 0 Å². The quantitative estimate of drug-likeness (QED) is 0.534. The van der Waals surface area contributed by atoms with E-state index < -0.39 is 0 Å². The van der Waals surface area contributed by atoms with Gasteiger partial charge in [-0.2, -0.15) is 0 Å². The zero-order chi connectivity index (χ0) is 17.4. The predicted molar refractivity (Wildman–Crippen MR) is 104 cm³/mol. The van der Waals surface area contributed by atoms with E-state index in [4.69, 9.17) is 17.0 Å². The molecule has 2 heterocycles. The molecule has 3 rings (SSSR count). The van der Waals surface area contributed by atoms with Crippen molar-refractivity contribution in [3.05, 3.63) is 61.2 Å². The molecule has 0 N–H and O–H groups in total. The molecule has 2 aliphatic heterocycles. The van der Waals surface area contributed by atoms with Crippen LogP contribution in [-0.2, 0) is 4.74 Å². The molecule has 0 radical (unpaired) electrons. The van der Waals surface area contributed by atoms with Crippen molar-refractivity contribution >= 4 is 17.2 Å². The van der Waals surface area contributed by atoms with Gasteiger partial charge in [0.1, 0.15) is 5.72 Å². The number of benzene rings is 1. The van der Waals surface area contributed by atoms with Gasteiger partial charge in [-0.3, -0.25) is 0 Å². The Morgan fingerprint density at radius 1 is 1.33 bits per heavy atom. The smallest absolute Gasteiger partial charge is 0.139 e. The minimum atomic E-state index is -0.302. The molecule has 0 unspecified atom stereocenters. The lowest BCUT2D eigenvalue weighted by molar-refractivity contribution is -0.0714. The van der Waals surface area contributed by atoms with Crippen molar-refractivity contribution in [2.45, 2.75) is 44.9 Å². The van der Waals surface area contributed by atoms with Crippen LogP contribution in [0.3, 0.4) is 0 Å². The fraction of sp³-hybridized carbons (Fsp3) is 0.476. The molecule has 128 valence electrons. The standard InChI is InChI=1S/C21H27NOS/c1-5-12-21(16(3)6-2)14-13-20(4)22(19(21)24)18(15-23-20)17-10-8-7-9-11-17/h5-11,16,18H,1-2,12-15H2,3-4H3/t16-,18-,20-,21+/m0/s1. The summed E-state index contributed by atoms with van der Waals surface area (Å²) < 4.78 is 6.25. The number of piperidine rings is 1. The summed E-state index contributed by atoms with van der Waals surface area (Å²) in [5.74, 6) is 0.310. The van der Waals surface area contributed by atoms with Gasteiger partial charge in [-0.05, 0) is 37.7 Å². The second-order valence-electron chi connectivity index (χ2n) is 7.26. The average molecular weight is 342 g/mol. The van der Waals surface area contributed by atoms with Crippen LogP contribution in [0.1, 0.15) is 44.7 Å². The van der Waals surface area contributed by atoms with E-state index in [1.165, 1.54) is 5.56 Å². The van der Waals surface area contributed by atoms with Gasteiger partial charge in [0.25, 0.3) is 0 Å². The Labute approximate surface area is 151 Å². The highest BCUT2D eigenvalue weighted by Gasteiger charge is 2.56. The largest absolute Gasteiger partial charge is 0.353 e. The molecule has 0 aliphatic carbocycles. The topological polar surface area (TPSA) is 12.5 Å². The van der Waals surface area contributed by atoms with E-state index in [-0.39, 0.29) is 17.2 Å². The molecule has 4 atom stereocenters. The summed E-state index contributed by atoms with van der Waals surface area (Å²) >= 11 is 6.08. The monoisotopic (exact) mass is 341 g/mol. The molecule has 2 fully saturated rings. The second kappa shape index (κ2) is 6.45. The van der Waals surface area contributed by atoms with Crippen LogP contribution in [0, 0.1) is 11.3 Å².